The molecule has 1 aliphatic rings. The highest BCUT2D eigenvalue weighted by Gasteiger charge is 2.22. The lowest BCUT2D eigenvalue weighted by molar-refractivity contribution is -0.144. The first kappa shape index (κ1) is 13.6. The van der Waals surface area contributed by atoms with Crippen LogP contribution in [0.15, 0.2) is 24.3 Å². The molecule has 0 saturated carbocycles. The van der Waals surface area contributed by atoms with Gasteiger partial charge in [0.05, 0.1) is 13.0 Å². The van der Waals surface area contributed by atoms with Gasteiger partial charge in [0, 0.05) is 12.5 Å². The van der Waals surface area contributed by atoms with Gasteiger partial charge >= 0.3 is 5.97 Å². The molecule has 1 N–H and O–H groups in total. The Labute approximate surface area is 113 Å². The van der Waals surface area contributed by atoms with Crippen molar-refractivity contribution in [1.29, 1.82) is 0 Å². The van der Waals surface area contributed by atoms with E-state index in [1.165, 1.54) is 11.1 Å². The fraction of sp³-hybridized carbons (Fsp3) is 0.467. The molecular formula is C15H19NO3. The minimum atomic E-state index is -0.313. The fourth-order valence-corrected chi connectivity index (χ4v) is 2.41. The van der Waals surface area contributed by atoms with Crippen LogP contribution in [0.1, 0.15) is 30.9 Å². The Hall–Kier alpha value is -1.84. The summed E-state index contributed by atoms with van der Waals surface area (Å²) in [4.78, 5) is 22.9. The minimum Gasteiger partial charge on any atom is -0.466 e. The molecule has 0 aliphatic heterocycles. The molecule has 1 aromatic carbocycles. The van der Waals surface area contributed by atoms with Crippen molar-refractivity contribution >= 4 is 11.9 Å². The van der Waals surface area contributed by atoms with Crippen molar-refractivity contribution in [3.05, 3.63) is 35.4 Å². The van der Waals surface area contributed by atoms with Crippen LogP contribution < -0.4 is 5.32 Å². The van der Waals surface area contributed by atoms with E-state index in [1.54, 1.807) is 6.92 Å². The highest BCUT2D eigenvalue weighted by Crippen LogP contribution is 2.21. The van der Waals surface area contributed by atoms with Gasteiger partial charge < -0.3 is 10.1 Å². The molecule has 0 unspecified atom stereocenters. The third kappa shape index (κ3) is 3.81. The first-order chi connectivity index (χ1) is 9.19. The Bertz CT molecular complexity index is 445. The first-order valence-corrected chi connectivity index (χ1v) is 6.70. The smallest absolute Gasteiger partial charge is 0.306 e. The van der Waals surface area contributed by atoms with Gasteiger partial charge in [-0.05, 0) is 30.9 Å². The minimum absolute atomic E-state index is 0.0779. The van der Waals surface area contributed by atoms with Crippen molar-refractivity contribution < 1.29 is 14.3 Å². The maximum atomic E-state index is 11.7. The molecular weight excluding hydrogens is 242 g/mol. The Kier molecular flexibility index (Phi) is 4.55. The van der Waals surface area contributed by atoms with E-state index in [0.29, 0.717) is 6.61 Å². The second kappa shape index (κ2) is 6.36. The Morgan fingerprint density at radius 2 is 1.84 bits per heavy atom. The van der Waals surface area contributed by atoms with E-state index in [9.17, 15) is 9.59 Å². The summed E-state index contributed by atoms with van der Waals surface area (Å²) in [7, 11) is 0. The van der Waals surface area contributed by atoms with E-state index < -0.39 is 0 Å². The van der Waals surface area contributed by atoms with Gasteiger partial charge in [-0.25, -0.2) is 0 Å². The molecule has 1 aliphatic carbocycles. The molecule has 0 aromatic heterocycles. The van der Waals surface area contributed by atoms with Crippen LogP contribution in [0.2, 0.25) is 0 Å². The Morgan fingerprint density at radius 1 is 1.21 bits per heavy atom. The number of carbonyl (C=O) groups excluding carboxylic acids is 2. The summed E-state index contributed by atoms with van der Waals surface area (Å²) in [6.45, 7) is 2.12. The molecule has 0 saturated heterocycles. The summed E-state index contributed by atoms with van der Waals surface area (Å²) in [6.07, 6.45) is 2.10. The normalized spacial score (nSPS) is 13.9. The van der Waals surface area contributed by atoms with Crippen LogP contribution in [-0.4, -0.2) is 24.5 Å². The molecule has 0 atom stereocenters. The van der Waals surface area contributed by atoms with Crippen molar-refractivity contribution in [2.45, 2.75) is 38.6 Å². The zero-order valence-electron chi connectivity index (χ0n) is 11.1. The van der Waals surface area contributed by atoms with E-state index in [0.717, 1.165) is 12.8 Å². The molecule has 0 radical (unpaired) electrons. The van der Waals surface area contributed by atoms with Gasteiger partial charge in [0.1, 0.15) is 0 Å². The fourth-order valence-electron chi connectivity index (χ4n) is 2.41. The SMILES string of the molecule is CCOC(=O)CCC(=O)NC1Cc2ccccc2C1. The van der Waals surface area contributed by atoms with E-state index in [-0.39, 0.29) is 30.8 Å². The maximum absolute atomic E-state index is 11.7. The number of rotatable bonds is 5. The van der Waals surface area contributed by atoms with Crippen LogP contribution >= 0.6 is 0 Å². The summed E-state index contributed by atoms with van der Waals surface area (Å²) in [5.41, 5.74) is 2.61. The number of carbonyl (C=O) groups is 2. The van der Waals surface area contributed by atoms with Crippen molar-refractivity contribution in [2.75, 3.05) is 6.61 Å². The van der Waals surface area contributed by atoms with Gasteiger partial charge in [-0.2, -0.15) is 0 Å². The van der Waals surface area contributed by atoms with Crippen molar-refractivity contribution in [3.8, 4) is 0 Å². The lowest BCUT2D eigenvalue weighted by Crippen LogP contribution is -2.35. The number of amides is 1. The summed E-state index contributed by atoms with van der Waals surface area (Å²) >= 11 is 0. The highest BCUT2D eigenvalue weighted by molar-refractivity contribution is 5.81. The summed E-state index contributed by atoms with van der Waals surface area (Å²) in [6, 6.07) is 8.39. The van der Waals surface area contributed by atoms with Gasteiger partial charge in [0.15, 0.2) is 0 Å². The van der Waals surface area contributed by atoms with Gasteiger partial charge in [0.2, 0.25) is 5.91 Å². The second-order valence-corrected chi connectivity index (χ2v) is 4.75. The van der Waals surface area contributed by atoms with Crippen molar-refractivity contribution in [3.63, 3.8) is 0 Å². The highest BCUT2D eigenvalue weighted by atomic mass is 16.5. The number of nitrogens with one attached hydrogen (secondary N) is 1. The molecule has 2 rings (SSSR count). The molecule has 1 aromatic rings. The lowest BCUT2D eigenvalue weighted by atomic mass is 10.1. The van der Waals surface area contributed by atoms with Gasteiger partial charge in [-0.3, -0.25) is 9.59 Å². The third-order valence-electron chi connectivity index (χ3n) is 3.28. The quantitative estimate of drug-likeness (QED) is 0.819. The molecule has 4 heteroatoms. The molecule has 0 spiro atoms. The number of hydrogen-bond donors (Lipinski definition) is 1. The predicted octanol–water partition coefficient (Wildman–Crippen LogP) is 1.61. The van der Waals surface area contributed by atoms with Crippen LogP contribution in [0.25, 0.3) is 0 Å². The van der Waals surface area contributed by atoms with Crippen molar-refractivity contribution in [1.82, 2.24) is 5.32 Å². The zero-order valence-corrected chi connectivity index (χ0v) is 11.1. The molecule has 102 valence electrons. The molecule has 0 heterocycles. The van der Waals surface area contributed by atoms with Crippen LogP contribution in [0.5, 0.6) is 0 Å². The van der Waals surface area contributed by atoms with E-state index in [2.05, 4.69) is 17.4 Å². The number of hydrogen-bond acceptors (Lipinski definition) is 3. The number of esters is 1. The van der Waals surface area contributed by atoms with Crippen molar-refractivity contribution in [2.24, 2.45) is 0 Å². The predicted molar refractivity (Wildman–Crippen MR) is 71.6 cm³/mol. The second-order valence-electron chi connectivity index (χ2n) is 4.75. The number of ether oxygens (including phenoxy) is 1. The third-order valence-corrected chi connectivity index (χ3v) is 3.28. The van der Waals surface area contributed by atoms with Crippen LogP contribution in [0.3, 0.4) is 0 Å². The summed E-state index contributed by atoms with van der Waals surface area (Å²) in [5.74, 6) is -0.391. The largest absolute Gasteiger partial charge is 0.466 e. The molecule has 0 bridgehead atoms. The van der Waals surface area contributed by atoms with E-state index in [4.69, 9.17) is 4.74 Å². The molecule has 1 amide bonds. The van der Waals surface area contributed by atoms with E-state index in [1.807, 2.05) is 12.1 Å². The first-order valence-electron chi connectivity index (χ1n) is 6.70. The Balaban J connectivity index is 1.75. The van der Waals surface area contributed by atoms with Crippen LogP contribution in [0.4, 0.5) is 0 Å². The summed E-state index contributed by atoms with van der Waals surface area (Å²) in [5, 5.41) is 2.98. The van der Waals surface area contributed by atoms with Crippen LogP contribution in [-0.2, 0) is 27.2 Å². The zero-order chi connectivity index (χ0) is 13.7. The van der Waals surface area contributed by atoms with Gasteiger partial charge in [-0.1, -0.05) is 24.3 Å². The molecule has 4 nitrogen and oxygen atoms in total. The molecule has 0 fully saturated rings. The topological polar surface area (TPSA) is 55.4 Å². The standard InChI is InChI=1S/C15H19NO3/c1-2-19-15(18)8-7-14(17)16-13-9-11-5-3-4-6-12(11)10-13/h3-6,13H,2,7-10H2,1H3,(H,16,17). The Morgan fingerprint density at radius 3 is 2.42 bits per heavy atom. The molecule has 19 heavy (non-hydrogen) atoms. The monoisotopic (exact) mass is 261 g/mol. The van der Waals surface area contributed by atoms with E-state index >= 15 is 0 Å². The van der Waals surface area contributed by atoms with Gasteiger partial charge in [-0.15, -0.1) is 0 Å². The average Bonchev–Trinajstić information content (AvgIpc) is 2.78. The summed E-state index contributed by atoms with van der Waals surface area (Å²) < 4.78 is 4.79. The lowest BCUT2D eigenvalue weighted by Gasteiger charge is -2.11. The number of fused-ring (bicyclic) bond motifs is 1. The average molecular weight is 261 g/mol. The van der Waals surface area contributed by atoms with Crippen LogP contribution in [0, 0.1) is 0 Å². The van der Waals surface area contributed by atoms with Gasteiger partial charge in [0.25, 0.3) is 0 Å². The number of benzene rings is 1. The maximum Gasteiger partial charge on any atom is 0.306 e.